The molecule has 0 spiro atoms. The Morgan fingerprint density at radius 3 is 2.00 bits per heavy atom. The Labute approximate surface area is 187 Å². The van der Waals surface area contributed by atoms with E-state index >= 15 is 0 Å². The number of rotatable bonds is 7. The van der Waals surface area contributed by atoms with E-state index in [1.165, 1.54) is 35.2 Å². The molecule has 1 aliphatic rings. The third-order valence-electron chi connectivity index (χ3n) is 6.59. The molecule has 4 rings (SSSR count). The molecular formula is C29H34N2. The zero-order valence-electron chi connectivity index (χ0n) is 18.8. The molecule has 1 saturated carbocycles. The monoisotopic (exact) mass is 410 g/mol. The topological polar surface area (TPSA) is 24.4 Å². The van der Waals surface area contributed by atoms with Crippen LogP contribution >= 0.6 is 0 Å². The first-order valence-corrected chi connectivity index (χ1v) is 11.6. The third kappa shape index (κ3) is 5.32. The molecule has 2 nitrogen and oxygen atoms in total. The van der Waals surface area contributed by atoms with E-state index in [2.05, 4.69) is 110 Å². The van der Waals surface area contributed by atoms with Crippen molar-refractivity contribution in [3.8, 4) is 0 Å². The van der Waals surface area contributed by atoms with Gasteiger partial charge in [0.15, 0.2) is 0 Å². The number of benzene rings is 3. The zero-order chi connectivity index (χ0) is 21.5. The second kappa shape index (κ2) is 10.1. The van der Waals surface area contributed by atoms with Crippen molar-refractivity contribution in [3.63, 3.8) is 0 Å². The molecule has 1 unspecified atom stereocenters. The Kier molecular flexibility index (Phi) is 6.99. The Bertz CT molecular complexity index is 965. The molecule has 0 bridgehead atoms. The van der Waals surface area contributed by atoms with Crippen LogP contribution in [0, 0.1) is 0 Å². The van der Waals surface area contributed by atoms with E-state index in [0.29, 0.717) is 0 Å². The average Bonchev–Trinajstić information content (AvgIpc) is 2.82. The highest BCUT2D eigenvalue weighted by Crippen LogP contribution is 2.34. The Morgan fingerprint density at radius 1 is 0.774 bits per heavy atom. The number of hydrogen-bond acceptors (Lipinski definition) is 2. The van der Waals surface area contributed by atoms with E-state index in [1.807, 2.05) is 0 Å². The van der Waals surface area contributed by atoms with Gasteiger partial charge in [-0.3, -0.25) is 10.3 Å². The average molecular weight is 411 g/mol. The molecule has 3 aromatic rings. The predicted molar refractivity (Wildman–Crippen MR) is 132 cm³/mol. The van der Waals surface area contributed by atoms with Crippen LogP contribution in [0.25, 0.3) is 0 Å². The van der Waals surface area contributed by atoms with Gasteiger partial charge in [-0.05, 0) is 56.2 Å². The molecule has 0 aliphatic heterocycles. The van der Waals surface area contributed by atoms with Crippen molar-refractivity contribution < 1.29 is 0 Å². The van der Waals surface area contributed by atoms with Crippen molar-refractivity contribution in [2.24, 2.45) is 4.99 Å². The van der Waals surface area contributed by atoms with Gasteiger partial charge < -0.3 is 0 Å². The second-order valence-electron chi connectivity index (χ2n) is 8.89. The van der Waals surface area contributed by atoms with E-state index in [0.717, 1.165) is 19.3 Å². The highest BCUT2D eigenvalue weighted by molar-refractivity contribution is 5.95. The largest absolute Gasteiger partial charge is 0.299 e. The number of nitrogens with zero attached hydrogens (tertiary/aromatic N) is 1. The summed E-state index contributed by atoms with van der Waals surface area (Å²) in [5.74, 6) is 0. The van der Waals surface area contributed by atoms with Crippen molar-refractivity contribution >= 4 is 5.71 Å². The molecule has 1 fully saturated rings. The maximum atomic E-state index is 5.36. The highest BCUT2D eigenvalue weighted by Gasteiger charge is 2.39. The van der Waals surface area contributed by atoms with E-state index in [9.17, 15) is 0 Å². The van der Waals surface area contributed by atoms with Crippen molar-refractivity contribution in [2.45, 2.75) is 63.6 Å². The molecule has 1 aliphatic carbocycles. The Balaban J connectivity index is 1.70. The van der Waals surface area contributed by atoms with Gasteiger partial charge in [0.2, 0.25) is 0 Å². The fourth-order valence-electron chi connectivity index (χ4n) is 4.91. The molecule has 0 radical (unpaired) electrons. The van der Waals surface area contributed by atoms with Crippen LogP contribution in [-0.4, -0.2) is 11.3 Å². The summed E-state index contributed by atoms with van der Waals surface area (Å²) in [6.07, 6.45) is 5.63. The fourth-order valence-corrected chi connectivity index (χ4v) is 4.91. The van der Waals surface area contributed by atoms with Gasteiger partial charge in [-0.2, -0.15) is 0 Å². The number of aliphatic imine (C=N–C) groups is 1. The van der Waals surface area contributed by atoms with Crippen LogP contribution in [0.5, 0.6) is 0 Å². The van der Waals surface area contributed by atoms with Gasteiger partial charge in [0, 0.05) is 11.8 Å². The molecule has 31 heavy (non-hydrogen) atoms. The van der Waals surface area contributed by atoms with Crippen molar-refractivity contribution in [1.29, 1.82) is 0 Å². The summed E-state index contributed by atoms with van der Waals surface area (Å²) in [5.41, 5.74) is 5.21. The van der Waals surface area contributed by atoms with Gasteiger partial charge in [0.25, 0.3) is 0 Å². The van der Waals surface area contributed by atoms with Gasteiger partial charge in [-0.15, -0.1) is 0 Å². The van der Waals surface area contributed by atoms with E-state index in [1.54, 1.807) is 0 Å². The fraction of sp³-hybridized carbons (Fsp3) is 0.345. The molecule has 3 aromatic carbocycles. The van der Waals surface area contributed by atoms with Crippen LogP contribution in [0.3, 0.4) is 0 Å². The van der Waals surface area contributed by atoms with Gasteiger partial charge in [0.05, 0.1) is 11.6 Å². The highest BCUT2D eigenvalue weighted by atomic mass is 15.0. The summed E-state index contributed by atoms with van der Waals surface area (Å²) in [4.78, 5) is 5.36. The Hall–Kier alpha value is -2.71. The van der Waals surface area contributed by atoms with Crippen LogP contribution in [0.15, 0.2) is 96.0 Å². The summed E-state index contributed by atoms with van der Waals surface area (Å²) in [6.45, 7) is 4.51. The van der Waals surface area contributed by atoms with Crippen molar-refractivity contribution in [3.05, 3.63) is 108 Å². The lowest BCUT2D eigenvalue weighted by Crippen LogP contribution is -2.56. The van der Waals surface area contributed by atoms with Gasteiger partial charge >= 0.3 is 0 Å². The molecule has 0 amide bonds. The van der Waals surface area contributed by atoms with Crippen LogP contribution in [-0.2, 0) is 6.42 Å². The number of nitrogens with one attached hydrogen (secondary N) is 1. The molecule has 0 heterocycles. The summed E-state index contributed by atoms with van der Waals surface area (Å²) < 4.78 is 0. The van der Waals surface area contributed by atoms with Crippen LogP contribution in [0.2, 0.25) is 0 Å². The smallest absolute Gasteiger partial charge is 0.0721 e. The lowest BCUT2D eigenvalue weighted by molar-refractivity contribution is 0.326. The first kappa shape index (κ1) is 21.5. The van der Waals surface area contributed by atoms with Gasteiger partial charge in [-0.1, -0.05) is 97.4 Å². The second-order valence-corrected chi connectivity index (χ2v) is 8.89. The normalized spacial score (nSPS) is 22.2. The van der Waals surface area contributed by atoms with E-state index in [-0.39, 0.29) is 17.6 Å². The molecule has 160 valence electrons. The standard InChI is InChI=1S/C29H34N2/c1-23(26-16-8-4-9-17-26)30-28-20-12-13-21-29(28,22-25-14-6-3-7-15-25)31-24(2)27-18-10-5-11-19-27/h3-11,14-19,23-24,31H,12-13,20-22H2,1-2H3/t23-,24-,29?/m1/s1. The summed E-state index contributed by atoms with van der Waals surface area (Å²) in [5, 5.41) is 4.07. The molecule has 0 aromatic heterocycles. The quantitative estimate of drug-likeness (QED) is 0.441. The summed E-state index contributed by atoms with van der Waals surface area (Å²) in [7, 11) is 0. The summed E-state index contributed by atoms with van der Waals surface area (Å²) in [6, 6.07) is 32.8. The maximum absolute atomic E-state index is 5.36. The molecule has 1 N–H and O–H groups in total. The number of hydrogen-bond donors (Lipinski definition) is 1. The van der Waals surface area contributed by atoms with Crippen molar-refractivity contribution in [2.75, 3.05) is 0 Å². The maximum Gasteiger partial charge on any atom is 0.0721 e. The lowest BCUT2D eigenvalue weighted by Gasteiger charge is -2.42. The first-order chi connectivity index (χ1) is 15.2. The molecule has 2 heteroatoms. The third-order valence-corrected chi connectivity index (χ3v) is 6.59. The van der Waals surface area contributed by atoms with Gasteiger partial charge in [0.1, 0.15) is 0 Å². The first-order valence-electron chi connectivity index (χ1n) is 11.6. The van der Waals surface area contributed by atoms with Crippen LogP contribution in [0.1, 0.15) is 68.3 Å². The zero-order valence-corrected chi connectivity index (χ0v) is 18.8. The Morgan fingerprint density at radius 2 is 1.35 bits per heavy atom. The predicted octanol–water partition coefficient (Wildman–Crippen LogP) is 7.09. The van der Waals surface area contributed by atoms with E-state index in [4.69, 9.17) is 4.99 Å². The molecule has 3 atom stereocenters. The molecule has 0 saturated heterocycles. The summed E-state index contributed by atoms with van der Waals surface area (Å²) >= 11 is 0. The van der Waals surface area contributed by atoms with Gasteiger partial charge in [-0.25, -0.2) is 0 Å². The van der Waals surface area contributed by atoms with E-state index < -0.39 is 0 Å². The minimum Gasteiger partial charge on any atom is -0.299 e. The van der Waals surface area contributed by atoms with Crippen LogP contribution in [0.4, 0.5) is 0 Å². The molecular weight excluding hydrogens is 376 g/mol. The van der Waals surface area contributed by atoms with Crippen LogP contribution < -0.4 is 5.32 Å². The SMILES string of the molecule is C[C@@H](N=C1CCCCC1(Cc1ccccc1)N[C@H](C)c1ccccc1)c1ccccc1. The lowest BCUT2D eigenvalue weighted by atomic mass is 9.74. The minimum absolute atomic E-state index is 0.113. The van der Waals surface area contributed by atoms with Crippen molar-refractivity contribution in [1.82, 2.24) is 5.32 Å². The minimum atomic E-state index is -0.113.